The number of ether oxygens (including phenoxy) is 1. The molecule has 3 amide bonds. The van der Waals surface area contributed by atoms with Crippen LogP contribution in [0.3, 0.4) is 0 Å². The lowest BCUT2D eigenvalue weighted by Crippen LogP contribution is -2.55. The van der Waals surface area contributed by atoms with Gasteiger partial charge in [-0.25, -0.2) is 15.7 Å². The zero-order valence-corrected chi connectivity index (χ0v) is 14.5. The van der Waals surface area contributed by atoms with Gasteiger partial charge in [-0.15, -0.1) is 0 Å². The standard InChI is InChI=1S/C14H28N4O5/c1-8(2)7-10(12(20)18-22)15-11(19)9(3)16-17-13(21)23-14(4,5)6/h8-10,16,22H,7H2,1-6H3,(H,15,19)(H,17,21)(H,18,20)/t9-,10-/m0/s1. The lowest BCUT2D eigenvalue weighted by Gasteiger charge is -2.23. The van der Waals surface area contributed by atoms with Crippen molar-refractivity contribution in [2.75, 3.05) is 0 Å². The minimum atomic E-state index is -0.863. The Kier molecular flexibility index (Phi) is 8.55. The molecule has 23 heavy (non-hydrogen) atoms. The van der Waals surface area contributed by atoms with E-state index < -0.39 is 35.6 Å². The molecule has 0 spiro atoms. The topological polar surface area (TPSA) is 129 Å². The lowest BCUT2D eigenvalue weighted by atomic mass is 10.0. The molecule has 0 saturated heterocycles. The number of carbonyl (C=O) groups is 3. The number of hydrogen-bond acceptors (Lipinski definition) is 6. The quantitative estimate of drug-likeness (QED) is 0.340. The molecule has 0 fully saturated rings. The predicted octanol–water partition coefficient (Wildman–Crippen LogP) is 0.441. The van der Waals surface area contributed by atoms with Crippen LogP contribution in [0.4, 0.5) is 4.79 Å². The Morgan fingerprint density at radius 2 is 1.65 bits per heavy atom. The highest BCUT2D eigenvalue weighted by Gasteiger charge is 2.24. The van der Waals surface area contributed by atoms with Crippen molar-refractivity contribution in [3.63, 3.8) is 0 Å². The van der Waals surface area contributed by atoms with Gasteiger partial charge in [0.2, 0.25) is 5.91 Å². The monoisotopic (exact) mass is 332 g/mol. The average Bonchev–Trinajstić information content (AvgIpc) is 2.40. The number of hydrogen-bond donors (Lipinski definition) is 5. The van der Waals surface area contributed by atoms with Gasteiger partial charge in [0.25, 0.3) is 5.91 Å². The molecule has 0 aromatic carbocycles. The van der Waals surface area contributed by atoms with Crippen molar-refractivity contribution in [1.82, 2.24) is 21.6 Å². The first-order valence-corrected chi connectivity index (χ1v) is 7.45. The Labute approximate surface area is 136 Å². The van der Waals surface area contributed by atoms with Gasteiger partial charge in [-0.3, -0.25) is 20.2 Å². The fourth-order valence-electron chi connectivity index (χ4n) is 1.61. The number of carbonyl (C=O) groups excluding carboxylic acids is 3. The van der Waals surface area contributed by atoms with Gasteiger partial charge in [0.05, 0.1) is 0 Å². The van der Waals surface area contributed by atoms with Crippen LogP contribution in [-0.4, -0.2) is 40.8 Å². The largest absolute Gasteiger partial charge is 0.443 e. The summed E-state index contributed by atoms with van der Waals surface area (Å²) in [6.07, 6.45) is -0.353. The van der Waals surface area contributed by atoms with Crippen molar-refractivity contribution >= 4 is 17.9 Å². The first kappa shape index (κ1) is 21.1. The molecule has 0 aromatic rings. The van der Waals surface area contributed by atoms with E-state index in [1.54, 1.807) is 20.8 Å². The highest BCUT2D eigenvalue weighted by molar-refractivity contribution is 5.89. The van der Waals surface area contributed by atoms with E-state index in [-0.39, 0.29) is 5.92 Å². The molecule has 9 nitrogen and oxygen atoms in total. The third-order valence-electron chi connectivity index (χ3n) is 2.63. The van der Waals surface area contributed by atoms with Crippen molar-refractivity contribution < 1.29 is 24.3 Å². The van der Waals surface area contributed by atoms with E-state index in [9.17, 15) is 14.4 Å². The van der Waals surface area contributed by atoms with Crippen LogP contribution in [0.5, 0.6) is 0 Å². The molecule has 2 atom stereocenters. The Balaban J connectivity index is 4.46. The number of amides is 3. The third kappa shape index (κ3) is 9.69. The van der Waals surface area contributed by atoms with Crippen molar-refractivity contribution in [2.45, 2.75) is 65.6 Å². The summed E-state index contributed by atoms with van der Waals surface area (Å²) in [5, 5.41) is 11.2. The first-order valence-electron chi connectivity index (χ1n) is 7.45. The van der Waals surface area contributed by atoms with Crippen LogP contribution >= 0.6 is 0 Å². The Bertz CT molecular complexity index is 420. The SMILES string of the molecule is CC(C)C[C@H](NC(=O)[C@H](C)NNC(=O)OC(C)(C)C)C(=O)NO. The second-order valence-corrected chi connectivity index (χ2v) is 6.66. The highest BCUT2D eigenvalue weighted by Crippen LogP contribution is 2.06. The second kappa shape index (κ2) is 9.31. The first-order chi connectivity index (χ1) is 10.5. The molecule has 5 N–H and O–H groups in total. The summed E-state index contributed by atoms with van der Waals surface area (Å²) in [6.45, 7) is 10.4. The van der Waals surface area contributed by atoms with Gasteiger partial charge < -0.3 is 10.1 Å². The van der Waals surface area contributed by atoms with E-state index >= 15 is 0 Å². The van der Waals surface area contributed by atoms with E-state index in [0.29, 0.717) is 6.42 Å². The van der Waals surface area contributed by atoms with Crippen molar-refractivity contribution in [1.29, 1.82) is 0 Å². The molecule has 0 rings (SSSR count). The molecule has 0 saturated carbocycles. The predicted molar refractivity (Wildman–Crippen MR) is 83.3 cm³/mol. The van der Waals surface area contributed by atoms with Gasteiger partial charge in [-0.1, -0.05) is 13.8 Å². The summed E-state index contributed by atoms with van der Waals surface area (Å²) in [7, 11) is 0. The Hall–Kier alpha value is -1.87. The summed E-state index contributed by atoms with van der Waals surface area (Å²) in [5.74, 6) is -1.06. The van der Waals surface area contributed by atoms with E-state index in [0.717, 1.165) is 0 Å². The molecule has 9 heteroatoms. The summed E-state index contributed by atoms with van der Waals surface area (Å²) in [6, 6.07) is -1.66. The van der Waals surface area contributed by atoms with Crippen LogP contribution in [-0.2, 0) is 14.3 Å². The minimum Gasteiger partial charge on any atom is -0.443 e. The van der Waals surface area contributed by atoms with Crippen LogP contribution < -0.4 is 21.6 Å². The van der Waals surface area contributed by atoms with E-state index in [4.69, 9.17) is 9.94 Å². The zero-order chi connectivity index (χ0) is 18.2. The number of hydroxylamine groups is 1. The molecule has 0 aliphatic carbocycles. The molecule has 134 valence electrons. The minimum absolute atomic E-state index is 0.140. The molecular weight excluding hydrogens is 304 g/mol. The third-order valence-corrected chi connectivity index (χ3v) is 2.63. The summed E-state index contributed by atoms with van der Waals surface area (Å²) >= 11 is 0. The van der Waals surface area contributed by atoms with Crippen LogP contribution in [0.15, 0.2) is 0 Å². The highest BCUT2D eigenvalue weighted by atomic mass is 16.6. The van der Waals surface area contributed by atoms with Crippen LogP contribution in [0.1, 0.15) is 48.0 Å². The van der Waals surface area contributed by atoms with Crippen molar-refractivity contribution in [3.05, 3.63) is 0 Å². The summed E-state index contributed by atoms with van der Waals surface area (Å²) < 4.78 is 5.02. The molecule has 0 heterocycles. The fourth-order valence-corrected chi connectivity index (χ4v) is 1.61. The molecular formula is C14H28N4O5. The Morgan fingerprint density at radius 3 is 2.09 bits per heavy atom. The number of hydrazine groups is 1. The lowest BCUT2D eigenvalue weighted by molar-refractivity contribution is -0.135. The van der Waals surface area contributed by atoms with Gasteiger partial charge >= 0.3 is 6.09 Å². The maximum Gasteiger partial charge on any atom is 0.422 e. The maximum absolute atomic E-state index is 12.0. The van der Waals surface area contributed by atoms with Crippen LogP contribution in [0.2, 0.25) is 0 Å². The second-order valence-electron chi connectivity index (χ2n) is 6.66. The van der Waals surface area contributed by atoms with Gasteiger partial charge in [0.1, 0.15) is 17.7 Å². The van der Waals surface area contributed by atoms with E-state index in [1.807, 2.05) is 13.8 Å². The zero-order valence-electron chi connectivity index (χ0n) is 14.5. The van der Waals surface area contributed by atoms with Crippen molar-refractivity contribution in [2.24, 2.45) is 5.92 Å². The number of rotatable bonds is 7. The number of nitrogens with one attached hydrogen (secondary N) is 4. The van der Waals surface area contributed by atoms with Gasteiger partial charge in [0, 0.05) is 0 Å². The fraction of sp³-hybridized carbons (Fsp3) is 0.786. The van der Waals surface area contributed by atoms with Crippen molar-refractivity contribution in [3.8, 4) is 0 Å². The maximum atomic E-state index is 12.0. The molecule has 0 bridgehead atoms. The molecule has 0 aromatic heterocycles. The molecule has 0 aliphatic rings. The molecule has 0 unspecified atom stereocenters. The average molecular weight is 332 g/mol. The summed E-state index contributed by atoms with van der Waals surface area (Å²) in [4.78, 5) is 35.1. The normalized spacial score (nSPS) is 13.9. The van der Waals surface area contributed by atoms with Gasteiger partial charge in [-0.2, -0.15) is 0 Å². The van der Waals surface area contributed by atoms with Crippen LogP contribution in [0.25, 0.3) is 0 Å². The molecule has 0 aliphatic heterocycles. The smallest absolute Gasteiger partial charge is 0.422 e. The van der Waals surface area contributed by atoms with Crippen LogP contribution in [0, 0.1) is 5.92 Å². The Morgan fingerprint density at radius 1 is 1.09 bits per heavy atom. The molecule has 0 radical (unpaired) electrons. The van der Waals surface area contributed by atoms with Gasteiger partial charge in [0.15, 0.2) is 0 Å². The van der Waals surface area contributed by atoms with Gasteiger partial charge in [-0.05, 0) is 40.0 Å². The van der Waals surface area contributed by atoms with E-state index in [2.05, 4.69) is 16.2 Å². The summed E-state index contributed by atoms with van der Waals surface area (Å²) in [5.41, 5.74) is 5.62. The van der Waals surface area contributed by atoms with E-state index in [1.165, 1.54) is 12.4 Å².